The van der Waals surface area contributed by atoms with Crippen molar-refractivity contribution in [3.8, 4) is 0 Å². The Morgan fingerprint density at radius 2 is 2.19 bits per heavy atom. The Morgan fingerprint density at radius 3 is 2.56 bits per heavy atom. The second kappa shape index (κ2) is 6.12. The number of hydrogen-bond donors (Lipinski definition) is 1. The van der Waals surface area contributed by atoms with E-state index in [9.17, 15) is 5.11 Å². The highest BCUT2D eigenvalue weighted by atomic mass is 28.4. The van der Waals surface area contributed by atoms with E-state index < -0.39 is 14.9 Å². The fourth-order valence-electron chi connectivity index (χ4n) is 2.08. The van der Waals surface area contributed by atoms with Crippen molar-refractivity contribution in [2.75, 3.05) is 19.8 Å². The Hall–Kier alpha value is 0.0569. The highest BCUT2D eigenvalue weighted by molar-refractivity contribution is 6.66. The minimum atomic E-state index is -2.04. The molecule has 5 heteroatoms. The Morgan fingerprint density at radius 1 is 1.56 bits per heavy atom. The largest absolute Gasteiger partial charge is 0.543 e. The Kier molecular flexibility index (Phi) is 5.40. The number of aliphatic hydroxyl groups excluding tert-OH is 1. The van der Waals surface area contributed by atoms with Crippen molar-refractivity contribution >= 4 is 8.56 Å². The molecule has 3 unspecified atom stereocenters. The van der Waals surface area contributed by atoms with Crippen molar-refractivity contribution < 1.29 is 18.3 Å². The van der Waals surface area contributed by atoms with Crippen molar-refractivity contribution in [1.82, 2.24) is 0 Å². The smallest absolute Gasteiger partial charge is 0.473 e. The van der Waals surface area contributed by atoms with Gasteiger partial charge in [-0.1, -0.05) is 6.92 Å². The standard InChI is InChI=1S/C11H25O4Si/c1-5-7-16(4,14-6-2)15(10(3)12)9-11-8-13-11/h10-12H,5-9H2,1-4H3/q+1. The third-order valence-electron chi connectivity index (χ3n) is 2.89. The topological polar surface area (TPSA) is 44.7 Å². The van der Waals surface area contributed by atoms with Crippen molar-refractivity contribution in [3.63, 3.8) is 0 Å². The third kappa shape index (κ3) is 3.82. The molecule has 1 saturated heterocycles. The SMILES string of the molecule is CCC[Si](C)(OCC)[O+](CC1CO1)C(C)O. The minimum absolute atomic E-state index is 0.267. The Labute approximate surface area is 99.5 Å². The molecule has 3 atom stereocenters. The van der Waals surface area contributed by atoms with Crippen LogP contribution in [0.25, 0.3) is 0 Å². The zero-order valence-electron chi connectivity index (χ0n) is 10.9. The summed E-state index contributed by atoms with van der Waals surface area (Å²) in [6.07, 6.45) is 0.812. The molecule has 0 bridgehead atoms. The van der Waals surface area contributed by atoms with Crippen LogP contribution in [0, 0.1) is 0 Å². The first kappa shape index (κ1) is 14.1. The van der Waals surface area contributed by atoms with E-state index in [1.54, 1.807) is 6.92 Å². The van der Waals surface area contributed by atoms with Crippen LogP contribution in [-0.4, -0.2) is 45.9 Å². The lowest BCUT2D eigenvalue weighted by Gasteiger charge is -2.36. The molecule has 0 amide bonds. The maximum absolute atomic E-state index is 9.87. The van der Waals surface area contributed by atoms with Crippen molar-refractivity contribution in [1.29, 1.82) is 0 Å². The summed E-state index contributed by atoms with van der Waals surface area (Å²) in [5.74, 6) is 0. The molecule has 0 saturated carbocycles. The molecule has 1 fully saturated rings. The van der Waals surface area contributed by atoms with Gasteiger partial charge in [-0.25, -0.2) is 0 Å². The van der Waals surface area contributed by atoms with Gasteiger partial charge in [0.05, 0.1) is 6.61 Å². The van der Waals surface area contributed by atoms with Gasteiger partial charge in [-0.15, -0.1) is 0 Å². The van der Waals surface area contributed by atoms with Crippen LogP contribution >= 0.6 is 0 Å². The second-order valence-electron chi connectivity index (χ2n) is 4.47. The van der Waals surface area contributed by atoms with E-state index in [-0.39, 0.29) is 6.10 Å². The van der Waals surface area contributed by atoms with E-state index in [0.29, 0.717) is 6.61 Å². The molecule has 96 valence electrons. The molecule has 0 radical (unpaired) electrons. The maximum Gasteiger partial charge on any atom is 0.543 e. The molecule has 1 heterocycles. The molecule has 0 spiro atoms. The summed E-state index contributed by atoms with van der Waals surface area (Å²) in [6, 6.07) is 1.02. The van der Waals surface area contributed by atoms with Crippen LogP contribution in [0.15, 0.2) is 0 Å². The Balaban J connectivity index is 2.67. The Bertz CT molecular complexity index is 200. The predicted octanol–water partition coefficient (Wildman–Crippen LogP) is 1.79. The van der Waals surface area contributed by atoms with E-state index in [4.69, 9.17) is 9.16 Å². The fourth-order valence-corrected chi connectivity index (χ4v) is 5.42. The second-order valence-corrected chi connectivity index (χ2v) is 8.05. The van der Waals surface area contributed by atoms with Crippen LogP contribution in [0.2, 0.25) is 12.6 Å². The normalized spacial score (nSPS) is 25.5. The number of aliphatic hydroxyl groups is 1. The maximum atomic E-state index is 9.87. The van der Waals surface area contributed by atoms with Gasteiger partial charge in [0.2, 0.25) is 6.29 Å². The van der Waals surface area contributed by atoms with Gasteiger partial charge in [0.25, 0.3) is 0 Å². The lowest BCUT2D eigenvalue weighted by Crippen LogP contribution is -2.52. The number of hydrogen-bond acceptors (Lipinski definition) is 3. The van der Waals surface area contributed by atoms with Gasteiger partial charge < -0.3 is 18.3 Å². The monoisotopic (exact) mass is 249 g/mol. The number of epoxide rings is 1. The van der Waals surface area contributed by atoms with E-state index in [0.717, 1.165) is 25.7 Å². The van der Waals surface area contributed by atoms with Gasteiger partial charge in [0.15, 0.2) is 6.61 Å². The first-order valence-electron chi connectivity index (χ1n) is 6.17. The van der Waals surface area contributed by atoms with Gasteiger partial charge in [-0.2, -0.15) is 0 Å². The van der Waals surface area contributed by atoms with Crippen molar-refractivity contribution in [2.45, 2.75) is 52.2 Å². The number of rotatable bonds is 8. The molecule has 0 aromatic rings. The van der Waals surface area contributed by atoms with E-state index in [1.807, 2.05) is 6.92 Å². The van der Waals surface area contributed by atoms with E-state index in [2.05, 4.69) is 17.5 Å². The van der Waals surface area contributed by atoms with Crippen LogP contribution in [0.3, 0.4) is 0 Å². The number of ether oxygens (including phenoxy) is 1. The molecular formula is C11H25O4Si+. The molecule has 1 aliphatic rings. The highest BCUT2D eigenvalue weighted by Gasteiger charge is 2.50. The molecule has 1 rings (SSSR count). The van der Waals surface area contributed by atoms with E-state index >= 15 is 0 Å². The van der Waals surface area contributed by atoms with Crippen molar-refractivity contribution in [3.05, 3.63) is 0 Å². The summed E-state index contributed by atoms with van der Waals surface area (Å²) in [5, 5.41) is 9.87. The summed E-state index contributed by atoms with van der Waals surface area (Å²) in [5.41, 5.74) is 0. The van der Waals surface area contributed by atoms with Crippen LogP contribution in [0.1, 0.15) is 27.2 Å². The summed E-state index contributed by atoms with van der Waals surface area (Å²) < 4.78 is 14.2. The first-order chi connectivity index (χ1) is 7.53. The average molecular weight is 249 g/mol. The first-order valence-corrected chi connectivity index (χ1v) is 8.69. The van der Waals surface area contributed by atoms with Gasteiger partial charge in [-0.3, -0.25) is 0 Å². The molecule has 1 N–H and O–H groups in total. The molecule has 0 aromatic carbocycles. The van der Waals surface area contributed by atoms with Gasteiger partial charge in [0.1, 0.15) is 6.10 Å². The van der Waals surface area contributed by atoms with Gasteiger partial charge >= 0.3 is 8.56 Å². The lowest BCUT2D eigenvalue weighted by atomic mass is 10.5. The summed E-state index contributed by atoms with van der Waals surface area (Å²) in [6.45, 7) is 10.3. The predicted molar refractivity (Wildman–Crippen MR) is 65.7 cm³/mol. The fraction of sp³-hybridized carbons (Fsp3) is 1.00. The molecule has 0 aromatic heterocycles. The molecule has 0 aliphatic carbocycles. The van der Waals surface area contributed by atoms with Crippen LogP contribution < -0.4 is 0 Å². The average Bonchev–Trinajstić information content (AvgIpc) is 2.97. The zero-order chi connectivity index (χ0) is 12.2. The van der Waals surface area contributed by atoms with E-state index in [1.165, 1.54) is 0 Å². The molecule has 16 heavy (non-hydrogen) atoms. The minimum Gasteiger partial charge on any atom is -0.473 e. The van der Waals surface area contributed by atoms with Crippen molar-refractivity contribution in [2.24, 2.45) is 0 Å². The van der Waals surface area contributed by atoms with Gasteiger partial charge in [0, 0.05) is 26.1 Å². The summed E-state index contributed by atoms with van der Waals surface area (Å²) >= 11 is 0. The van der Waals surface area contributed by atoms with Crippen LogP contribution in [0.5, 0.6) is 0 Å². The quantitative estimate of drug-likeness (QED) is 0.309. The summed E-state index contributed by atoms with van der Waals surface area (Å²) in [4.78, 5) is 0. The highest BCUT2D eigenvalue weighted by Crippen LogP contribution is 2.28. The van der Waals surface area contributed by atoms with Crippen LogP contribution in [0.4, 0.5) is 0 Å². The van der Waals surface area contributed by atoms with Gasteiger partial charge in [-0.05, 0) is 13.3 Å². The van der Waals surface area contributed by atoms with Crippen LogP contribution in [-0.2, 0) is 13.2 Å². The lowest BCUT2D eigenvalue weighted by molar-refractivity contribution is -0.196. The molecule has 4 nitrogen and oxygen atoms in total. The molecular weight excluding hydrogens is 224 g/mol. The third-order valence-corrected chi connectivity index (χ3v) is 6.81. The zero-order valence-corrected chi connectivity index (χ0v) is 11.9. The summed E-state index contributed by atoms with van der Waals surface area (Å²) in [7, 11) is -2.04. The molecule has 1 aliphatic heterocycles.